The summed E-state index contributed by atoms with van der Waals surface area (Å²) >= 11 is 0. The summed E-state index contributed by atoms with van der Waals surface area (Å²) < 4.78 is 5.44. The fraction of sp³-hybridized carbons (Fsp3) is 0.200. The molecular formula is C15H17N3O3. The van der Waals surface area contributed by atoms with Crippen molar-refractivity contribution >= 4 is 17.6 Å². The van der Waals surface area contributed by atoms with E-state index >= 15 is 0 Å². The Morgan fingerprint density at radius 1 is 1.24 bits per heavy atom. The summed E-state index contributed by atoms with van der Waals surface area (Å²) in [5, 5.41) is 5.39. The summed E-state index contributed by atoms with van der Waals surface area (Å²) in [5.74, 6) is 0.917. The summed E-state index contributed by atoms with van der Waals surface area (Å²) in [6.45, 7) is 3.66. The number of rotatable bonds is 4. The van der Waals surface area contributed by atoms with Gasteiger partial charge in [0.25, 0.3) is 0 Å². The van der Waals surface area contributed by atoms with Gasteiger partial charge in [-0.05, 0) is 44.2 Å². The van der Waals surface area contributed by atoms with Crippen LogP contribution in [0.4, 0.5) is 10.5 Å². The van der Waals surface area contributed by atoms with Gasteiger partial charge in [-0.15, -0.1) is 0 Å². The van der Waals surface area contributed by atoms with E-state index in [-0.39, 0.29) is 6.04 Å². The summed E-state index contributed by atoms with van der Waals surface area (Å²) in [5.41, 5.74) is 6.02. The average Bonchev–Trinajstić information content (AvgIpc) is 2.85. The molecule has 1 aromatic heterocycles. The van der Waals surface area contributed by atoms with Crippen LogP contribution in [0.25, 0.3) is 0 Å². The zero-order valence-electron chi connectivity index (χ0n) is 11.8. The third-order valence-corrected chi connectivity index (χ3v) is 2.94. The minimum absolute atomic E-state index is 0.266. The molecule has 2 rings (SSSR count). The van der Waals surface area contributed by atoms with Gasteiger partial charge < -0.3 is 20.8 Å². The molecule has 0 fully saturated rings. The fourth-order valence-corrected chi connectivity index (χ4v) is 1.87. The molecule has 1 unspecified atom stereocenters. The van der Waals surface area contributed by atoms with Crippen molar-refractivity contribution in [3.8, 4) is 0 Å². The smallest absolute Gasteiger partial charge is 0.319 e. The van der Waals surface area contributed by atoms with E-state index in [1.165, 1.54) is 6.07 Å². The second kappa shape index (κ2) is 6.13. The predicted molar refractivity (Wildman–Crippen MR) is 79.0 cm³/mol. The fourth-order valence-electron chi connectivity index (χ4n) is 1.87. The first-order valence-electron chi connectivity index (χ1n) is 6.49. The number of nitrogens with one attached hydrogen (secondary N) is 2. The molecule has 110 valence electrons. The van der Waals surface area contributed by atoms with Crippen molar-refractivity contribution in [3.05, 3.63) is 53.5 Å². The van der Waals surface area contributed by atoms with Crippen molar-refractivity contribution in [3.63, 3.8) is 0 Å². The molecule has 0 saturated heterocycles. The van der Waals surface area contributed by atoms with Crippen molar-refractivity contribution in [2.45, 2.75) is 19.9 Å². The zero-order valence-corrected chi connectivity index (χ0v) is 11.8. The van der Waals surface area contributed by atoms with Crippen molar-refractivity contribution in [1.82, 2.24) is 5.32 Å². The molecule has 0 aliphatic carbocycles. The summed E-state index contributed by atoms with van der Waals surface area (Å²) in [7, 11) is 0. The molecule has 6 nitrogen and oxygen atoms in total. The van der Waals surface area contributed by atoms with Crippen molar-refractivity contribution in [1.29, 1.82) is 0 Å². The Morgan fingerprint density at radius 2 is 2.00 bits per heavy atom. The molecule has 0 spiro atoms. The van der Waals surface area contributed by atoms with Crippen LogP contribution in [0.15, 0.2) is 40.8 Å². The quantitative estimate of drug-likeness (QED) is 0.806. The highest BCUT2D eigenvalue weighted by atomic mass is 16.3. The van der Waals surface area contributed by atoms with Gasteiger partial charge in [-0.3, -0.25) is 4.79 Å². The maximum Gasteiger partial charge on any atom is 0.319 e. The van der Waals surface area contributed by atoms with E-state index < -0.39 is 11.9 Å². The molecule has 4 N–H and O–H groups in total. The number of carbonyl (C=O) groups is 2. The highest BCUT2D eigenvalue weighted by molar-refractivity contribution is 5.95. The van der Waals surface area contributed by atoms with Crippen LogP contribution in [0.2, 0.25) is 0 Å². The van der Waals surface area contributed by atoms with E-state index in [0.29, 0.717) is 17.0 Å². The minimum atomic E-state index is -0.543. The standard InChI is InChI=1S/C15H17N3O3/c1-9-6-7-13(21-9)10(2)17-15(20)18-12-5-3-4-11(8-12)14(16)19/h3-8,10H,1-2H3,(H2,16,19)(H2,17,18,20). The van der Waals surface area contributed by atoms with E-state index in [0.717, 1.165) is 5.76 Å². The molecule has 0 aliphatic heterocycles. The number of amides is 3. The Hall–Kier alpha value is -2.76. The summed E-state index contributed by atoms with van der Waals surface area (Å²) in [4.78, 5) is 23.0. The Labute approximate surface area is 122 Å². The molecule has 6 heteroatoms. The normalized spacial score (nSPS) is 11.7. The SMILES string of the molecule is Cc1ccc(C(C)NC(=O)Nc2cccc(C(N)=O)c2)o1. The maximum absolute atomic E-state index is 11.9. The first-order valence-corrected chi connectivity index (χ1v) is 6.49. The summed E-state index contributed by atoms with van der Waals surface area (Å²) in [6.07, 6.45) is 0. The lowest BCUT2D eigenvalue weighted by Gasteiger charge is -2.13. The van der Waals surface area contributed by atoms with Gasteiger partial charge in [0.15, 0.2) is 0 Å². The van der Waals surface area contributed by atoms with Crippen molar-refractivity contribution < 1.29 is 14.0 Å². The van der Waals surface area contributed by atoms with E-state index in [1.807, 2.05) is 26.0 Å². The maximum atomic E-state index is 11.9. The first-order chi connectivity index (χ1) is 9.95. The molecule has 1 aromatic carbocycles. The zero-order chi connectivity index (χ0) is 15.4. The Bertz CT molecular complexity index is 664. The highest BCUT2D eigenvalue weighted by Gasteiger charge is 2.13. The van der Waals surface area contributed by atoms with Gasteiger partial charge in [0, 0.05) is 11.3 Å². The topological polar surface area (TPSA) is 97.4 Å². The molecule has 0 saturated carbocycles. The number of anilines is 1. The number of aryl methyl sites for hydroxylation is 1. The van der Waals surface area contributed by atoms with Crippen LogP contribution >= 0.6 is 0 Å². The van der Waals surface area contributed by atoms with E-state index in [2.05, 4.69) is 10.6 Å². The average molecular weight is 287 g/mol. The highest BCUT2D eigenvalue weighted by Crippen LogP contribution is 2.16. The molecule has 2 aromatic rings. The molecule has 3 amide bonds. The third-order valence-electron chi connectivity index (χ3n) is 2.94. The van der Waals surface area contributed by atoms with Gasteiger partial charge in [-0.1, -0.05) is 6.07 Å². The van der Waals surface area contributed by atoms with Gasteiger partial charge >= 0.3 is 6.03 Å². The van der Waals surface area contributed by atoms with Crippen LogP contribution in [0.3, 0.4) is 0 Å². The van der Waals surface area contributed by atoms with E-state index in [4.69, 9.17) is 10.2 Å². The van der Waals surface area contributed by atoms with Crippen LogP contribution in [0, 0.1) is 6.92 Å². The largest absolute Gasteiger partial charge is 0.464 e. The molecule has 21 heavy (non-hydrogen) atoms. The first kappa shape index (κ1) is 14.6. The van der Waals surface area contributed by atoms with Crippen LogP contribution in [-0.2, 0) is 0 Å². The lowest BCUT2D eigenvalue weighted by molar-refractivity contribution is 0.1000. The summed E-state index contributed by atoms with van der Waals surface area (Å²) in [6, 6.07) is 9.41. The van der Waals surface area contributed by atoms with Crippen LogP contribution in [0.1, 0.15) is 34.8 Å². The second-order valence-electron chi connectivity index (χ2n) is 4.71. The lowest BCUT2D eigenvalue weighted by Crippen LogP contribution is -2.31. The number of nitrogens with two attached hydrogens (primary N) is 1. The van der Waals surface area contributed by atoms with E-state index in [9.17, 15) is 9.59 Å². The predicted octanol–water partition coefficient (Wildman–Crippen LogP) is 2.57. The molecule has 1 heterocycles. The molecule has 0 bridgehead atoms. The Morgan fingerprint density at radius 3 is 2.62 bits per heavy atom. The van der Waals surface area contributed by atoms with E-state index in [1.54, 1.807) is 18.2 Å². The van der Waals surface area contributed by atoms with Gasteiger partial charge in [0.2, 0.25) is 5.91 Å². The van der Waals surface area contributed by atoms with Crippen LogP contribution in [0.5, 0.6) is 0 Å². The van der Waals surface area contributed by atoms with Gasteiger partial charge in [-0.25, -0.2) is 4.79 Å². The Balaban J connectivity index is 1.98. The Kier molecular flexibility index (Phi) is 4.27. The third kappa shape index (κ3) is 3.85. The molecule has 0 radical (unpaired) electrons. The van der Waals surface area contributed by atoms with Gasteiger partial charge in [-0.2, -0.15) is 0 Å². The second-order valence-corrected chi connectivity index (χ2v) is 4.71. The molecule has 0 aliphatic rings. The van der Waals surface area contributed by atoms with Crippen LogP contribution < -0.4 is 16.4 Å². The van der Waals surface area contributed by atoms with Crippen molar-refractivity contribution in [2.75, 3.05) is 5.32 Å². The number of primary amides is 1. The number of hydrogen-bond donors (Lipinski definition) is 3. The van der Waals surface area contributed by atoms with Gasteiger partial charge in [0.1, 0.15) is 11.5 Å². The number of hydrogen-bond acceptors (Lipinski definition) is 3. The minimum Gasteiger partial charge on any atom is -0.464 e. The molecule has 1 atom stereocenters. The van der Waals surface area contributed by atoms with Gasteiger partial charge in [0.05, 0.1) is 6.04 Å². The number of carbonyl (C=O) groups excluding carboxylic acids is 2. The molecular weight excluding hydrogens is 270 g/mol. The lowest BCUT2D eigenvalue weighted by atomic mass is 10.2. The number of furan rings is 1. The monoisotopic (exact) mass is 287 g/mol. The number of benzene rings is 1. The number of urea groups is 1. The van der Waals surface area contributed by atoms with Crippen molar-refractivity contribution in [2.24, 2.45) is 5.73 Å². The van der Waals surface area contributed by atoms with Crippen LogP contribution in [-0.4, -0.2) is 11.9 Å².